The second kappa shape index (κ2) is 13.1. The summed E-state index contributed by atoms with van der Waals surface area (Å²) in [6.45, 7) is 8.85. The van der Waals surface area contributed by atoms with Crippen LogP contribution in [0.5, 0.6) is 11.5 Å². The van der Waals surface area contributed by atoms with E-state index in [1.165, 1.54) is 51.4 Å². The summed E-state index contributed by atoms with van der Waals surface area (Å²) in [6.07, 6.45) is 12.4. The van der Waals surface area contributed by atoms with Gasteiger partial charge in [0.2, 0.25) is 0 Å². The molecule has 0 aromatic heterocycles. The molecule has 180 valence electrons. The maximum Gasteiger partial charge on any atom is 0.137 e. The minimum Gasteiger partial charge on any atom is -0.489 e. The van der Waals surface area contributed by atoms with E-state index in [0.29, 0.717) is 5.02 Å². The standard InChI is InChI=1S/C30H41ClO2/c1-5-7-9-11-16-22(3)32-29-24-18-13-14-19-25(24)30(28-26(29)20-15-21-27(28)31)33-23(4)17-12-10-8-6-2/h13-15,18-23H,5-12,16-17H2,1-4H3. The normalized spacial score (nSPS) is 13.4. The van der Waals surface area contributed by atoms with Crippen molar-refractivity contribution in [3.63, 3.8) is 0 Å². The van der Waals surface area contributed by atoms with Gasteiger partial charge in [-0.2, -0.15) is 0 Å². The number of rotatable bonds is 14. The average molecular weight is 469 g/mol. The van der Waals surface area contributed by atoms with Gasteiger partial charge in [-0.25, -0.2) is 0 Å². The number of halogens is 1. The zero-order valence-electron chi connectivity index (χ0n) is 21.0. The van der Waals surface area contributed by atoms with E-state index in [0.717, 1.165) is 45.9 Å². The van der Waals surface area contributed by atoms with Gasteiger partial charge in [-0.1, -0.05) is 100 Å². The van der Waals surface area contributed by atoms with Gasteiger partial charge in [-0.3, -0.25) is 0 Å². The molecule has 0 heterocycles. The van der Waals surface area contributed by atoms with E-state index < -0.39 is 0 Å². The number of unbranched alkanes of at least 4 members (excludes halogenated alkanes) is 6. The molecule has 3 aromatic carbocycles. The lowest BCUT2D eigenvalue weighted by molar-refractivity contribution is 0.207. The molecule has 0 saturated heterocycles. The Morgan fingerprint density at radius 2 is 1.15 bits per heavy atom. The van der Waals surface area contributed by atoms with Crippen LogP contribution in [0.1, 0.15) is 91.9 Å². The highest BCUT2D eigenvalue weighted by Crippen LogP contribution is 2.46. The van der Waals surface area contributed by atoms with E-state index in [9.17, 15) is 0 Å². The monoisotopic (exact) mass is 468 g/mol. The van der Waals surface area contributed by atoms with Crippen LogP contribution in [-0.4, -0.2) is 12.2 Å². The van der Waals surface area contributed by atoms with Crippen LogP contribution in [0, 0.1) is 0 Å². The molecule has 0 fully saturated rings. The van der Waals surface area contributed by atoms with Gasteiger partial charge in [-0.05, 0) is 45.6 Å². The maximum absolute atomic E-state index is 6.78. The Morgan fingerprint density at radius 3 is 1.73 bits per heavy atom. The third kappa shape index (κ3) is 6.79. The van der Waals surface area contributed by atoms with Crippen LogP contribution in [-0.2, 0) is 0 Å². The van der Waals surface area contributed by atoms with Gasteiger partial charge in [-0.15, -0.1) is 0 Å². The Kier molecular flexibility index (Phi) is 10.2. The molecule has 0 radical (unpaired) electrons. The Bertz CT molecular complexity index is 1010. The highest BCUT2D eigenvalue weighted by atomic mass is 35.5. The number of fused-ring (bicyclic) bond motifs is 2. The second-order valence-electron chi connectivity index (χ2n) is 9.42. The third-order valence-electron chi connectivity index (χ3n) is 6.47. The predicted octanol–water partition coefficient (Wildman–Crippen LogP) is 10.1. The number of hydrogen-bond donors (Lipinski definition) is 0. The van der Waals surface area contributed by atoms with E-state index >= 15 is 0 Å². The first-order valence-electron chi connectivity index (χ1n) is 13.0. The highest BCUT2D eigenvalue weighted by Gasteiger charge is 2.20. The van der Waals surface area contributed by atoms with Gasteiger partial charge in [0.15, 0.2) is 0 Å². The molecule has 0 aliphatic heterocycles. The molecule has 2 nitrogen and oxygen atoms in total. The van der Waals surface area contributed by atoms with Gasteiger partial charge < -0.3 is 9.47 Å². The number of benzene rings is 3. The first-order valence-corrected chi connectivity index (χ1v) is 13.4. The van der Waals surface area contributed by atoms with E-state index in [4.69, 9.17) is 21.1 Å². The summed E-state index contributed by atoms with van der Waals surface area (Å²) >= 11 is 6.78. The molecule has 2 unspecified atom stereocenters. The van der Waals surface area contributed by atoms with E-state index in [1.807, 2.05) is 12.1 Å². The summed E-state index contributed by atoms with van der Waals surface area (Å²) < 4.78 is 13.2. The minimum absolute atomic E-state index is 0.133. The van der Waals surface area contributed by atoms with Gasteiger partial charge >= 0.3 is 0 Å². The fourth-order valence-electron chi connectivity index (χ4n) is 4.59. The van der Waals surface area contributed by atoms with Gasteiger partial charge in [0.1, 0.15) is 11.5 Å². The Labute approximate surface area is 205 Å². The van der Waals surface area contributed by atoms with Crippen LogP contribution in [0.4, 0.5) is 0 Å². The fraction of sp³-hybridized carbons (Fsp3) is 0.533. The summed E-state index contributed by atoms with van der Waals surface area (Å²) in [5.74, 6) is 1.81. The van der Waals surface area contributed by atoms with E-state index in [2.05, 4.69) is 58.0 Å². The van der Waals surface area contributed by atoms with Crippen molar-refractivity contribution in [3.8, 4) is 11.5 Å². The number of hydrogen-bond acceptors (Lipinski definition) is 2. The molecule has 33 heavy (non-hydrogen) atoms. The minimum atomic E-state index is 0.133. The molecule has 0 bridgehead atoms. The van der Waals surface area contributed by atoms with Crippen molar-refractivity contribution in [3.05, 3.63) is 47.5 Å². The van der Waals surface area contributed by atoms with Gasteiger partial charge in [0.05, 0.1) is 17.2 Å². The largest absolute Gasteiger partial charge is 0.489 e. The zero-order chi connectivity index (χ0) is 23.6. The number of ether oxygens (including phenoxy) is 2. The van der Waals surface area contributed by atoms with Crippen molar-refractivity contribution < 1.29 is 9.47 Å². The van der Waals surface area contributed by atoms with Crippen LogP contribution < -0.4 is 9.47 Å². The van der Waals surface area contributed by atoms with E-state index in [1.54, 1.807) is 0 Å². The van der Waals surface area contributed by atoms with Crippen LogP contribution in [0.2, 0.25) is 5.02 Å². The summed E-state index contributed by atoms with van der Waals surface area (Å²) in [6, 6.07) is 14.5. The van der Waals surface area contributed by atoms with Crippen LogP contribution in [0.15, 0.2) is 42.5 Å². The van der Waals surface area contributed by atoms with Crippen molar-refractivity contribution in [2.24, 2.45) is 0 Å². The molecule has 3 aromatic rings. The van der Waals surface area contributed by atoms with Crippen molar-refractivity contribution in [1.82, 2.24) is 0 Å². The first kappa shape index (κ1) is 25.7. The van der Waals surface area contributed by atoms with Gasteiger partial charge in [0, 0.05) is 21.5 Å². The quantitative estimate of drug-likeness (QED) is 0.173. The highest BCUT2D eigenvalue weighted by molar-refractivity contribution is 6.37. The molecule has 3 rings (SSSR count). The molecule has 2 atom stereocenters. The molecular weight excluding hydrogens is 428 g/mol. The first-order chi connectivity index (χ1) is 16.1. The Hall–Kier alpha value is -1.93. The van der Waals surface area contributed by atoms with Crippen molar-refractivity contribution in [2.75, 3.05) is 0 Å². The van der Waals surface area contributed by atoms with Crippen molar-refractivity contribution in [1.29, 1.82) is 0 Å². The molecule has 0 amide bonds. The van der Waals surface area contributed by atoms with Crippen molar-refractivity contribution in [2.45, 2.75) is 104 Å². The lowest BCUT2D eigenvalue weighted by atomic mass is 10.00. The predicted molar refractivity (Wildman–Crippen MR) is 144 cm³/mol. The van der Waals surface area contributed by atoms with E-state index in [-0.39, 0.29) is 12.2 Å². The van der Waals surface area contributed by atoms with Crippen LogP contribution in [0.25, 0.3) is 21.5 Å². The molecule has 3 heteroatoms. The summed E-state index contributed by atoms with van der Waals surface area (Å²) in [5, 5.41) is 4.89. The van der Waals surface area contributed by atoms with Gasteiger partial charge in [0.25, 0.3) is 0 Å². The smallest absolute Gasteiger partial charge is 0.137 e. The molecule has 0 N–H and O–H groups in total. The fourth-order valence-corrected chi connectivity index (χ4v) is 4.85. The van der Waals surface area contributed by atoms with Crippen molar-refractivity contribution >= 4 is 33.1 Å². The molecule has 0 aliphatic rings. The molecular formula is C30H41ClO2. The SMILES string of the molecule is CCCCCCC(C)Oc1c2ccccc2c(OC(C)CCCCCC)c2c(Cl)cccc12. The average Bonchev–Trinajstić information content (AvgIpc) is 2.81. The summed E-state index contributed by atoms with van der Waals surface area (Å²) in [4.78, 5) is 0. The molecule has 0 aliphatic carbocycles. The lowest BCUT2D eigenvalue weighted by Crippen LogP contribution is -2.14. The zero-order valence-corrected chi connectivity index (χ0v) is 21.7. The third-order valence-corrected chi connectivity index (χ3v) is 6.78. The summed E-state index contributed by atoms with van der Waals surface area (Å²) in [5.41, 5.74) is 0. The Balaban J connectivity index is 1.96. The Morgan fingerprint density at radius 1 is 0.636 bits per heavy atom. The molecule has 0 saturated carbocycles. The molecule has 0 spiro atoms. The lowest BCUT2D eigenvalue weighted by Gasteiger charge is -2.23. The van der Waals surface area contributed by atoms with Crippen LogP contribution in [0.3, 0.4) is 0 Å². The topological polar surface area (TPSA) is 18.5 Å². The van der Waals surface area contributed by atoms with Crippen LogP contribution >= 0.6 is 11.6 Å². The maximum atomic E-state index is 6.78. The second-order valence-corrected chi connectivity index (χ2v) is 9.83. The summed E-state index contributed by atoms with van der Waals surface area (Å²) in [7, 11) is 0.